The van der Waals surface area contributed by atoms with Gasteiger partial charge in [-0.2, -0.15) is 0 Å². The molecule has 0 spiro atoms. The number of carboxylic acids is 2. The van der Waals surface area contributed by atoms with Gasteiger partial charge in [0.05, 0.1) is 0 Å². The minimum atomic E-state index is -1.28. The second-order valence-electron chi connectivity index (χ2n) is 12.0. The lowest BCUT2D eigenvalue weighted by Crippen LogP contribution is -2.48. The SMILES string of the molecule is CC(C)(C)SSCC(NC(=O)OCC1c2ccccc2-c2ccccc21)C(=O)NCCCCCC(=O)NC(CCC(=O)O)C(=O)O. The zero-order valence-electron chi connectivity index (χ0n) is 26.4. The van der Waals surface area contributed by atoms with E-state index < -0.39 is 36.0 Å². The number of amides is 3. The zero-order chi connectivity index (χ0) is 33.7. The maximum Gasteiger partial charge on any atom is 0.407 e. The molecule has 250 valence electrons. The first-order valence-corrected chi connectivity index (χ1v) is 17.6. The van der Waals surface area contributed by atoms with Crippen molar-refractivity contribution in [2.45, 2.75) is 82.0 Å². The molecule has 2 unspecified atom stereocenters. The maximum absolute atomic E-state index is 13.1. The minimum Gasteiger partial charge on any atom is -0.481 e. The number of carboxylic acid groups (broad SMARTS) is 2. The van der Waals surface area contributed by atoms with Gasteiger partial charge in [0, 0.05) is 35.8 Å². The van der Waals surface area contributed by atoms with E-state index in [1.807, 2.05) is 36.4 Å². The third-order valence-electron chi connectivity index (χ3n) is 7.16. The smallest absolute Gasteiger partial charge is 0.407 e. The normalized spacial score (nSPS) is 13.5. The quantitative estimate of drug-likeness (QED) is 0.105. The summed E-state index contributed by atoms with van der Waals surface area (Å²) in [4.78, 5) is 60.1. The van der Waals surface area contributed by atoms with Crippen LogP contribution in [0.3, 0.4) is 0 Å². The van der Waals surface area contributed by atoms with Crippen LogP contribution in [-0.2, 0) is 23.9 Å². The lowest BCUT2D eigenvalue weighted by Gasteiger charge is -2.21. The van der Waals surface area contributed by atoms with E-state index in [1.54, 1.807) is 10.8 Å². The van der Waals surface area contributed by atoms with Gasteiger partial charge in [-0.15, -0.1) is 0 Å². The summed E-state index contributed by atoms with van der Waals surface area (Å²) >= 11 is 0. The summed E-state index contributed by atoms with van der Waals surface area (Å²) in [5.74, 6) is -2.98. The average Bonchev–Trinajstić information content (AvgIpc) is 3.32. The maximum atomic E-state index is 13.1. The summed E-state index contributed by atoms with van der Waals surface area (Å²) in [5, 5.41) is 25.9. The Balaban J connectivity index is 1.46. The molecule has 11 nitrogen and oxygen atoms in total. The zero-order valence-corrected chi connectivity index (χ0v) is 28.0. The van der Waals surface area contributed by atoms with Gasteiger partial charge in [-0.1, -0.05) is 97.3 Å². The molecule has 2 aromatic carbocycles. The Labute approximate surface area is 277 Å². The van der Waals surface area contributed by atoms with Gasteiger partial charge in [0.1, 0.15) is 18.7 Å². The molecule has 0 saturated heterocycles. The number of hydrogen-bond donors (Lipinski definition) is 5. The molecule has 13 heteroatoms. The Hall–Kier alpha value is -3.71. The summed E-state index contributed by atoms with van der Waals surface area (Å²) in [6.45, 7) is 6.67. The van der Waals surface area contributed by atoms with Gasteiger partial charge < -0.3 is 30.9 Å². The molecular weight excluding hydrogens is 631 g/mol. The third-order valence-corrected chi connectivity index (χ3v) is 10.5. The van der Waals surface area contributed by atoms with E-state index in [9.17, 15) is 29.1 Å². The number of ether oxygens (including phenoxy) is 1. The molecule has 0 fully saturated rings. The highest BCUT2D eigenvalue weighted by Gasteiger charge is 2.30. The van der Waals surface area contributed by atoms with Gasteiger partial charge in [-0.3, -0.25) is 14.4 Å². The van der Waals surface area contributed by atoms with Gasteiger partial charge in [0.2, 0.25) is 11.8 Å². The summed E-state index contributed by atoms with van der Waals surface area (Å²) in [7, 11) is 3.11. The van der Waals surface area contributed by atoms with Crippen molar-refractivity contribution >= 4 is 51.4 Å². The molecule has 0 aromatic heterocycles. The van der Waals surface area contributed by atoms with Crippen molar-refractivity contribution in [3.63, 3.8) is 0 Å². The molecule has 3 rings (SSSR count). The number of benzene rings is 2. The standard InChI is InChI=1S/C33H43N3O8S2/c1-33(2,3)46-45-20-27(30(40)34-18-10-4-5-15-28(37)35-26(31(41)42)16-17-29(38)39)36-32(43)44-19-25-23-13-8-6-11-21(23)22-12-7-9-14-24(22)25/h6-9,11-14,25-27H,4-5,10,15-20H2,1-3H3,(H,34,40)(H,35,37)(H,36,43)(H,38,39)(H,41,42). The van der Waals surface area contributed by atoms with Gasteiger partial charge in [0.25, 0.3) is 0 Å². The van der Waals surface area contributed by atoms with Gasteiger partial charge >= 0.3 is 18.0 Å². The van der Waals surface area contributed by atoms with E-state index in [1.165, 1.54) is 10.8 Å². The van der Waals surface area contributed by atoms with Crippen LogP contribution in [0, 0.1) is 0 Å². The molecule has 0 bridgehead atoms. The van der Waals surface area contributed by atoms with Crippen molar-refractivity contribution in [3.8, 4) is 11.1 Å². The Morgan fingerprint density at radius 3 is 2.07 bits per heavy atom. The summed E-state index contributed by atoms with van der Waals surface area (Å²) in [6, 6.07) is 14.1. The first-order valence-electron chi connectivity index (χ1n) is 15.3. The molecular formula is C33H43N3O8S2. The number of carbonyl (C=O) groups is 5. The largest absolute Gasteiger partial charge is 0.481 e. The molecule has 46 heavy (non-hydrogen) atoms. The van der Waals surface area contributed by atoms with Crippen LogP contribution in [0.25, 0.3) is 11.1 Å². The van der Waals surface area contributed by atoms with E-state index in [2.05, 4.69) is 48.9 Å². The number of hydrogen-bond acceptors (Lipinski definition) is 8. The van der Waals surface area contributed by atoms with Crippen molar-refractivity contribution in [3.05, 3.63) is 59.7 Å². The Kier molecular flexibility index (Phi) is 14.3. The highest BCUT2D eigenvalue weighted by molar-refractivity contribution is 8.77. The molecule has 5 N–H and O–H groups in total. The van der Waals surface area contributed by atoms with Crippen molar-refractivity contribution < 1.29 is 38.9 Å². The second-order valence-corrected chi connectivity index (χ2v) is 15.2. The van der Waals surface area contributed by atoms with E-state index >= 15 is 0 Å². The summed E-state index contributed by atoms with van der Waals surface area (Å²) in [5.41, 5.74) is 4.45. The fraction of sp³-hybridized carbons (Fsp3) is 0.485. The monoisotopic (exact) mass is 673 g/mol. The van der Waals surface area contributed by atoms with E-state index in [0.717, 1.165) is 22.3 Å². The van der Waals surface area contributed by atoms with Crippen molar-refractivity contribution in [2.75, 3.05) is 18.9 Å². The van der Waals surface area contributed by atoms with Crippen molar-refractivity contribution in [1.29, 1.82) is 0 Å². The van der Waals surface area contributed by atoms with Crippen molar-refractivity contribution in [1.82, 2.24) is 16.0 Å². The topological polar surface area (TPSA) is 171 Å². The second kappa shape index (κ2) is 17.8. The minimum absolute atomic E-state index is 0.0392. The number of carbonyl (C=O) groups excluding carboxylic acids is 3. The number of aliphatic carboxylic acids is 2. The number of fused-ring (bicyclic) bond motifs is 3. The Morgan fingerprint density at radius 1 is 0.848 bits per heavy atom. The van der Waals surface area contributed by atoms with E-state index in [-0.39, 0.29) is 42.4 Å². The fourth-order valence-electron chi connectivity index (χ4n) is 4.96. The molecule has 0 saturated carbocycles. The van der Waals surface area contributed by atoms with Gasteiger partial charge in [-0.05, 0) is 41.5 Å². The lowest BCUT2D eigenvalue weighted by molar-refractivity contribution is -0.143. The fourth-order valence-corrected chi connectivity index (χ4v) is 7.42. The van der Waals surface area contributed by atoms with Crippen LogP contribution in [0.15, 0.2) is 48.5 Å². The molecule has 3 amide bonds. The predicted octanol–water partition coefficient (Wildman–Crippen LogP) is 5.18. The lowest BCUT2D eigenvalue weighted by atomic mass is 9.98. The van der Waals surface area contributed by atoms with E-state index in [0.29, 0.717) is 31.6 Å². The molecule has 2 aromatic rings. The first kappa shape index (κ1) is 36.8. The van der Waals surface area contributed by atoms with Crippen LogP contribution in [0.4, 0.5) is 4.79 Å². The first-order chi connectivity index (χ1) is 21.9. The average molecular weight is 674 g/mol. The van der Waals surface area contributed by atoms with Crippen LogP contribution in [-0.4, -0.2) is 75.8 Å². The third kappa shape index (κ3) is 11.9. The van der Waals surface area contributed by atoms with Crippen LogP contribution in [0.5, 0.6) is 0 Å². The summed E-state index contributed by atoms with van der Waals surface area (Å²) in [6.07, 6.45) is 0.491. The van der Waals surface area contributed by atoms with E-state index in [4.69, 9.17) is 9.84 Å². The summed E-state index contributed by atoms with van der Waals surface area (Å²) < 4.78 is 5.63. The molecule has 0 heterocycles. The Morgan fingerprint density at radius 2 is 1.48 bits per heavy atom. The van der Waals surface area contributed by atoms with Crippen LogP contribution in [0.2, 0.25) is 0 Å². The molecule has 2 atom stereocenters. The number of rotatable bonds is 18. The highest BCUT2D eigenvalue weighted by Crippen LogP contribution is 2.44. The number of nitrogens with one attached hydrogen (secondary N) is 3. The predicted molar refractivity (Wildman–Crippen MR) is 180 cm³/mol. The number of unbranched alkanes of at least 4 members (excludes halogenated alkanes) is 2. The molecule has 1 aliphatic rings. The van der Waals surface area contributed by atoms with Gasteiger partial charge in [0.15, 0.2) is 0 Å². The molecule has 1 aliphatic carbocycles. The van der Waals surface area contributed by atoms with Crippen LogP contribution in [0.1, 0.15) is 76.3 Å². The van der Waals surface area contributed by atoms with Crippen LogP contribution < -0.4 is 16.0 Å². The molecule has 0 radical (unpaired) electrons. The number of alkyl carbamates (subject to hydrolysis) is 1. The van der Waals surface area contributed by atoms with Crippen LogP contribution >= 0.6 is 21.6 Å². The van der Waals surface area contributed by atoms with Crippen molar-refractivity contribution in [2.24, 2.45) is 0 Å². The Bertz CT molecular complexity index is 1340. The molecule has 0 aliphatic heterocycles. The highest BCUT2D eigenvalue weighted by atomic mass is 33.1. The van der Waals surface area contributed by atoms with Gasteiger partial charge in [-0.25, -0.2) is 9.59 Å².